The van der Waals surface area contributed by atoms with Crippen LogP contribution in [0.3, 0.4) is 0 Å². The number of hydrogen-bond acceptors (Lipinski definition) is 6. The van der Waals surface area contributed by atoms with E-state index in [4.69, 9.17) is 21.1 Å². The predicted octanol–water partition coefficient (Wildman–Crippen LogP) is 4.53. The smallest absolute Gasteiger partial charge is 0.244 e. The normalized spacial score (nSPS) is 15.3. The summed E-state index contributed by atoms with van der Waals surface area (Å²) in [6.45, 7) is -0.421. The third kappa shape index (κ3) is 7.35. The van der Waals surface area contributed by atoms with Crippen LogP contribution >= 0.6 is 11.6 Å². The van der Waals surface area contributed by atoms with E-state index in [0.717, 1.165) is 47.4 Å². The Morgan fingerprint density at radius 3 is 2.38 bits per heavy atom. The third-order valence-electron chi connectivity index (χ3n) is 7.54. The molecule has 1 aliphatic carbocycles. The van der Waals surface area contributed by atoms with E-state index in [1.165, 1.54) is 11.0 Å². The molecule has 1 aliphatic heterocycles. The van der Waals surface area contributed by atoms with Crippen LogP contribution in [0.4, 0.5) is 5.69 Å². The highest BCUT2D eigenvalue weighted by atomic mass is 35.5. The molecular formula is C31H34ClN3O6S. The van der Waals surface area contributed by atoms with Gasteiger partial charge in [0.15, 0.2) is 11.5 Å². The van der Waals surface area contributed by atoms with Gasteiger partial charge in [0.1, 0.15) is 12.6 Å². The standard InChI is InChI=1S/C31H34ClN3O6S/c1-42(38,39)35(26-14-15-28-29(18-26)41-21-40-28)20-30(36)34(19-23-10-7-11-24(32)16-23)27(17-22-8-3-2-4-9-22)31(37)33-25-12-5-6-13-25/h2-4,7-11,14-16,18,25,27H,5-6,12-13,17,19-21H2,1H3,(H,33,37)/t27-/m0/s1. The first-order chi connectivity index (χ1) is 20.2. The van der Waals surface area contributed by atoms with Crippen LogP contribution in [0.2, 0.25) is 5.02 Å². The molecule has 2 amide bonds. The van der Waals surface area contributed by atoms with Crippen LogP contribution in [0.1, 0.15) is 36.8 Å². The number of hydrogen-bond donors (Lipinski definition) is 1. The minimum absolute atomic E-state index is 0.0290. The highest BCUT2D eigenvalue weighted by Crippen LogP contribution is 2.36. The van der Waals surface area contributed by atoms with Gasteiger partial charge < -0.3 is 19.7 Å². The van der Waals surface area contributed by atoms with Crippen LogP contribution in [-0.4, -0.2) is 56.8 Å². The second-order valence-corrected chi connectivity index (χ2v) is 13.0. The van der Waals surface area contributed by atoms with Crippen molar-refractivity contribution in [2.24, 2.45) is 0 Å². The quantitative estimate of drug-likeness (QED) is 0.342. The Morgan fingerprint density at radius 2 is 1.67 bits per heavy atom. The van der Waals surface area contributed by atoms with E-state index < -0.39 is 28.5 Å². The van der Waals surface area contributed by atoms with Crippen molar-refractivity contribution in [2.45, 2.75) is 50.7 Å². The van der Waals surface area contributed by atoms with Gasteiger partial charge in [0.05, 0.1) is 11.9 Å². The molecule has 3 aromatic carbocycles. The van der Waals surface area contributed by atoms with E-state index >= 15 is 0 Å². The third-order valence-corrected chi connectivity index (χ3v) is 8.91. The van der Waals surface area contributed by atoms with Gasteiger partial charge in [0.2, 0.25) is 28.6 Å². The number of halogens is 1. The fourth-order valence-electron chi connectivity index (χ4n) is 5.41. The second kappa shape index (κ2) is 13.0. The topological polar surface area (TPSA) is 105 Å². The highest BCUT2D eigenvalue weighted by Gasteiger charge is 2.34. The van der Waals surface area contributed by atoms with Crippen molar-refractivity contribution in [3.05, 3.63) is 88.9 Å². The number of carbonyl (C=O) groups excluding carboxylic acids is 2. The summed E-state index contributed by atoms with van der Waals surface area (Å²) >= 11 is 6.27. The van der Waals surface area contributed by atoms with Gasteiger partial charge in [-0.25, -0.2) is 8.42 Å². The first-order valence-corrected chi connectivity index (χ1v) is 16.2. The van der Waals surface area contributed by atoms with E-state index in [1.807, 2.05) is 36.4 Å². The van der Waals surface area contributed by atoms with E-state index in [9.17, 15) is 18.0 Å². The van der Waals surface area contributed by atoms with Crippen molar-refractivity contribution < 1.29 is 27.5 Å². The first kappa shape index (κ1) is 29.7. The van der Waals surface area contributed by atoms with Crippen molar-refractivity contribution in [3.63, 3.8) is 0 Å². The Morgan fingerprint density at radius 1 is 0.952 bits per heavy atom. The van der Waals surface area contributed by atoms with E-state index in [2.05, 4.69) is 5.32 Å². The van der Waals surface area contributed by atoms with Crippen LogP contribution in [-0.2, 0) is 32.6 Å². The zero-order valence-corrected chi connectivity index (χ0v) is 24.9. The lowest BCUT2D eigenvalue weighted by Gasteiger charge is -2.34. The van der Waals surface area contributed by atoms with Crippen LogP contribution in [0.5, 0.6) is 11.5 Å². The number of benzene rings is 3. The molecule has 11 heteroatoms. The number of fused-ring (bicyclic) bond motifs is 1. The summed E-state index contributed by atoms with van der Waals surface area (Å²) in [5.74, 6) is 0.0885. The molecule has 42 heavy (non-hydrogen) atoms. The van der Waals surface area contributed by atoms with Gasteiger partial charge in [-0.15, -0.1) is 0 Å². The van der Waals surface area contributed by atoms with Crippen molar-refractivity contribution in [2.75, 3.05) is 23.9 Å². The Balaban J connectivity index is 1.50. The molecule has 0 aromatic heterocycles. The number of rotatable bonds is 11. The molecule has 1 atom stereocenters. The molecule has 1 fully saturated rings. The minimum Gasteiger partial charge on any atom is -0.454 e. The summed E-state index contributed by atoms with van der Waals surface area (Å²) in [5, 5.41) is 3.65. The SMILES string of the molecule is CS(=O)(=O)N(CC(=O)N(Cc1cccc(Cl)c1)[C@@H](Cc1ccccc1)C(=O)NC1CCCC1)c1ccc2c(c1)OCO2. The van der Waals surface area contributed by atoms with E-state index in [0.29, 0.717) is 16.5 Å². The summed E-state index contributed by atoms with van der Waals surface area (Å²) in [6, 6.07) is 20.4. The molecule has 0 radical (unpaired) electrons. The van der Waals surface area contributed by atoms with Gasteiger partial charge in [0.25, 0.3) is 0 Å². The van der Waals surface area contributed by atoms with Crippen LogP contribution < -0.4 is 19.1 Å². The average Bonchev–Trinajstić information content (AvgIpc) is 3.65. The molecule has 3 aromatic rings. The fourth-order valence-corrected chi connectivity index (χ4v) is 6.46. The number of nitrogens with zero attached hydrogens (tertiary/aromatic N) is 2. The predicted molar refractivity (Wildman–Crippen MR) is 161 cm³/mol. The van der Waals surface area contributed by atoms with Gasteiger partial charge in [0, 0.05) is 30.1 Å². The Labute approximate surface area is 251 Å². The van der Waals surface area contributed by atoms with E-state index in [-0.39, 0.29) is 37.4 Å². The lowest BCUT2D eigenvalue weighted by Crippen LogP contribution is -2.54. The number of carbonyl (C=O) groups is 2. The van der Waals surface area contributed by atoms with Gasteiger partial charge in [-0.05, 0) is 48.2 Å². The zero-order valence-electron chi connectivity index (χ0n) is 23.4. The summed E-state index contributed by atoms with van der Waals surface area (Å²) in [4.78, 5) is 29.6. The maximum atomic E-state index is 14.2. The lowest BCUT2D eigenvalue weighted by molar-refractivity contribution is -0.140. The summed E-state index contributed by atoms with van der Waals surface area (Å²) in [5.41, 5.74) is 1.85. The van der Waals surface area contributed by atoms with Gasteiger partial charge in [-0.1, -0.05) is 66.9 Å². The molecule has 1 saturated carbocycles. The molecular weight excluding hydrogens is 578 g/mol. The van der Waals surface area contributed by atoms with Crippen LogP contribution in [0, 0.1) is 0 Å². The van der Waals surface area contributed by atoms with Crippen molar-refractivity contribution in [1.82, 2.24) is 10.2 Å². The summed E-state index contributed by atoms with van der Waals surface area (Å²) in [7, 11) is -3.90. The monoisotopic (exact) mass is 611 g/mol. The Kier molecular flexibility index (Phi) is 9.23. The molecule has 1 heterocycles. The lowest BCUT2D eigenvalue weighted by atomic mass is 10.0. The highest BCUT2D eigenvalue weighted by molar-refractivity contribution is 7.92. The molecule has 0 unspecified atom stereocenters. The molecule has 5 rings (SSSR count). The molecule has 222 valence electrons. The largest absolute Gasteiger partial charge is 0.454 e. The molecule has 0 saturated heterocycles. The van der Waals surface area contributed by atoms with Crippen LogP contribution in [0.15, 0.2) is 72.8 Å². The molecule has 9 nitrogen and oxygen atoms in total. The second-order valence-electron chi connectivity index (χ2n) is 10.7. The maximum Gasteiger partial charge on any atom is 0.244 e. The molecule has 0 bridgehead atoms. The maximum absolute atomic E-state index is 14.2. The van der Waals surface area contributed by atoms with Crippen molar-refractivity contribution in [3.8, 4) is 11.5 Å². The van der Waals surface area contributed by atoms with Crippen molar-refractivity contribution >= 4 is 39.1 Å². The number of nitrogens with one attached hydrogen (secondary N) is 1. The molecule has 2 aliphatic rings. The summed E-state index contributed by atoms with van der Waals surface area (Å²) < 4.78 is 37.8. The number of amides is 2. The van der Waals surface area contributed by atoms with Crippen molar-refractivity contribution in [1.29, 1.82) is 0 Å². The Bertz CT molecular complexity index is 1530. The number of anilines is 1. The molecule has 1 N–H and O–H groups in total. The van der Waals surface area contributed by atoms with Gasteiger partial charge >= 0.3 is 0 Å². The zero-order chi connectivity index (χ0) is 29.7. The minimum atomic E-state index is -3.90. The fraction of sp³-hybridized carbons (Fsp3) is 0.355. The van der Waals surface area contributed by atoms with E-state index in [1.54, 1.807) is 30.3 Å². The Hall–Kier alpha value is -3.76. The average molecular weight is 612 g/mol. The number of sulfonamides is 1. The number of ether oxygens (including phenoxy) is 2. The van der Waals surface area contributed by atoms with Gasteiger partial charge in [-0.2, -0.15) is 0 Å². The first-order valence-electron chi connectivity index (χ1n) is 13.9. The summed E-state index contributed by atoms with van der Waals surface area (Å²) in [6.07, 6.45) is 5.15. The molecule has 0 spiro atoms. The van der Waals surface area contributed by atoms with Gasteiger partial charge in [-0.3, -0.25) is 13.9 Å². The van der Waals surface area contributed by atoms with Crippen LogP contribution in [0.25, 0.3) is 0 Å².